The molecule has 4 rings (SSSR count). The van der Waals surface area contributed by atoms with Gasteiger partial charge in [-0.3, -0.25) is 9.59 Å². The molecule has 1 aliphatic carbocycles. The molecule has 1 aliphatic rings. The lowest BCUT2D eigenvalue weighted by Gasteiger charge is -2.12. The van der Waals surface area contributed by atoms with E-state index in [1.165, 1.54) is 5.56 Å². The van der Waals surface area contributed by atoms with E-state index < -0.39 is 15.7 Å². The third-order valence-electron chi connectivity index (χ3n) is 5.51. The minimum atomic E-state index is -3.56. The number of fused-ring (bicyclic) bond motifs is 1. The summed E-state index contributed by atoms with van der Waals surface area (Å²) in [5.74, 6) is -1.02. The number of benzene rings is 3. The Morgan fingerprint density at radius 3 is 2.19 bits per heavy atom. The molecule has 32 heavy (non-hydrogen) atoms. The minimum Gasteiger partial charge on any atom is -0.324 e. The molecule has 0 spiro atoms. The molecule has 0 heterocycles. The van der Waals surface area contributed by atoms with Gasteiger partial charge < -0.3 is 10.6 Å². The highest BCUT2D eigenvalue weighted by atomic mass is 32.2. The fraction of sp³-hybridized carbons (Fsp3) is 0.200. The summed E-state index contributed by atoms with van der Waals surface area (Å²) in [4.78, 5) is 25.2. The molecule has 0 aliphatic heterocycles. The largest absolute Gasteiger partial charge is 0.324 e. The van der Waals surface area contributed by atoms with Crippen molar-refractivity contribution in [3.63, 3.8) is 0 Å². The first kappa shape index (κ1) is 21.8. The number of para-hydroxylation sites is 2. The molecule has 0 aromatic heterocycles. The predicted molar refractivity (Wildman–Crippen MR) is 125 cm³/mol. The van der Waals surface area contributed by atoms with Gasteiger partial charge in [-0.25, -0.2) is 8.42 Å². The van der Waals surface area contributed by atoms with Crippen LogP contribution in [0.3, 0.4) is 0 Å². The summed E-state index contributed by atoms with van der Waals surface area (Å²) in [7, 11) is -3.56. The van der Waals surface area contributed by atoms with Crippen LogP contribution in [0, 0.1) is 0 Å². The molecule has 3 aromatic rings. The second kappa shape index (κ2) is 9.36. The van der Waals surface area contributed by atoms with Gasteiger partial charge in [0.05, 0.1) is 22.0 Å². The third kappa shape index (κ3) is 5.06. The van der Waals surface area contributed by atoms with Crippen LogP contribution in [0.2, 0.25) is 0 Å². The molecule has 0 atom stereocenters. The minimum absolute atomic E-state index is 0.180. The molecule has 6 nitrogen and oxygen atoms in total. The van der Waals surface area contributed by atoms with Gasteiger partial charge in [0.15, 0.2) is 9.84 Å². The van der Waals surface area contributed by atoms with Crippen molar-refractivity contribution in [2.45, 2.75) is 30.6 Å². The van der Waals surface area contributed by atoms with E-state index in [2.05, 4.69) is 10.6 Å². The molecule has 2 N–H and O–H groups in total. The SMILES string of the molecule is O=C(CCS(=O)(=O)c1ccc2c(c1)CCC2)Nc1ccccc1NC(=O)c1ccccc1. The number of rotatable bonds is 7. The number of aryl methyl sites for hydroxylation is 2. The molecule has 0 radical (unpaired) electrons. The molecule has 0 fully saturated rings. The summed E-state index contributed by atoms with van der Waals surface area (Å²) < 4.78 is 25.4. The highest BCUT2D eigenvalue weighted by Crippen LogP contribution is 2.26. The standard InChI is InChI=1S/C25H24N2O4S/c28-24(15-16-32(30,31)21-14-13-18-9-6-10-20(18)17-21)26-22-11-4-5-12-23(22)27-25(29)19-7-2-1-3-8-19/h1-5,7-8,11-14,17H,6,9-10,15-16H2,(H,26,28)(H,27,29). The van der Waals surface area contributed by atoms with E-state index in [1.807, 2.05) is 12.1 Å². The third-order valence-corrected chi connectivity index (χ3v) is 7.23. The van der Waals surface area contributed by atoms with Crippen molar-refractivity contribution in [3.05, 3.63) is 89.5 Å². The number of hydrogen-bond donors (Lipinski definition) is 2. The number of nitrogens with one attached hydrogen (secondary N) is 2. The van der Waals surface area contributed by atoms with Gasteiger partial charge >= 0.3 is 0 Å². The number of hydrogen-bond acceptors (Lipinski definition) is 4. The second-order valence-corrected chi connectivity index (χ2v) is 9.88. The Kier molecular flexibility index (Phi) is 6.37. The van der Waals surface area contributed by atoms with Gasteiger partial charge in [-0.2, -0.15) is 0 Å². The summed E-state index contributed by atoms with van der Waals surface area (Å²) in [5.41, 5.74) is 3.64. The maximum absolute atomic E-state index is 12.7. The molecule has 164 valence electrons. The highest BCUT2D eigenvalue weighted by molar-refractivity contribution is 7.91. The van der Waals surface area contributed by atoms with E-state index in [-0.39, 0.29) is 23.0 Å². The van der Waals surface area contributed by atoms with Crippen LogP contribution in [0.15, 0.2) is 77.7 Å². The average molecular weight is 449 g/mol. The van der Waals surface area contributed by atoms with Crippen molar-refractivity contribution < 1.29 is 18.0 Å². The lowest BCUT2D eigenvalue weighted by atomic mass is 10.1. The van der Waals surface area contributed by atoms with E-state index in [0.29, 0.717) is 16.9 Å². The van der Waals surface area contributed by atoms with Crippen molar-refractivity contribution >= 4 is 33.0 Å². The van der Waals surface area contributed by atoms with Crippen molar-refractivity contribution in [2.75, 3.05) is 16.4 Å². The lowest BCUT2D eigenvalue weighted by molar-refractivity contribution is -0.115. The molecule has 3 aromatic carbocycles. The topological polar surface area (TPSA) is 92.3 Å². The molecule has 2 amide bonds. The molecular formula is C25H24N2O4S. The molecule has 0 saturated carbocycles. The van der Waals surface area contributed by atoms with Crippen LogP contribution >= 0.6 is 0 Å². The van der Waals surface area contributed by atoms with Gasteiger partial charge in [-0.15, -0.1) is 0 Å². The fourth-order valence-electron chi connectivity index (χ4n) is 3.78. The molecular weight excluding hydrogens is 424 g/mol. The van der Waals surface area contributed by atoms with E-state index >= 15 is 0 Å². The van der Waals surface area contributed by atoms with Crippen molar-refractivity contribution in [2.24, 2.45) is 0 Å². The lowest BCUT2D eigenvalue weighted by Crippen LogP contribution is -2.19. The highest BCUT2D eigenvalue weighted by Gasteiger charge is 2.20. The van der Waals surface area contributed by atoms with Crippen LogP contribution in [0.25, 0.3) is 0 Å². The maximum Gasteiger partial charge on any atom is 0.255 e. The second-order valence-electron chi connectivity index (χ2n) is 7.77. The Morgan fingerprint density at radius 2 is 1.44 bits per heavy atom. The predicted octanol–water partition coefficient (Wildman–Crippen LogP) is 4.23. The number of sulfone groups is 1. The first-order valence-electron chi connectivity index (χ1n) is 10.5. The van der Waals surface area contributed by atoms with E-state index in [1.54, 1.807) is 60.7 Å². The van der Waals surface area contributed by atoms with E-state index in [9.17, 15) is 18.0 Å². The number of carbonyl (C=O) groups excluding carboxylic acids is 2. The normalized spacial score (nSPS) is 12.8. The van der Waals surface area contributed by atoms with Gasteiger partial charge in [0.2, 0.25) is 5.91 Å². The summed E-state index contributed by atoms with van der Waals surface area (Å²) in [6, 6.07) is 20.8. The molecule has 7 heteroatoms. The summed E-state index contributed by atoms with van der Waals surface area (Å²) in [5, 5.41) is 5.50. The Hall–Kier alpha value is -3.45. The van der Waals surface area contributed by atoms with Crippen molar-refractivity contribution in [1.82, 2.24) is 0 Å². The van der Waals surface area contributed by atoms with Gasteiger partial charge in [0.25, 0.3) is 5.91 Å². The monoisotopic (exact) mass is 448 g/mol. The van der Waals surface area contributed by atoms with Crippen LogP contribution in [-0.2, 0) is 27.5 Å². The smallest absolute Gasteiger partial charge is 0.255 e. The van der Waals surface area contributed by atoms with Gasteiger partial charge in [0.1, 0.15) is 0 Å². The first-order chi connectivity index (χ1) is 15.4. The van der Waals surface area contributed by atoms with Crippen LogP contribution in [0.4, 0.5) is 11.4 Å². The Balaban J connectivity index is 1.40. The van der Waals surface area contributed by atoms with E-state index in [4.69, 9.17) is 0 Å². The molecule has 0 unspecified atom stereocenters. The maximum atomic E-state index is 12.7. The zero-order valence-corrected chi connectivity index (χ0v) is 18.3. The van der Waals surface area contributed by atoms with Crippen LogP contribution in [0.5, 0.6) is 0 Å². The Bertz CT molecular complexity index is 1250. The zero-order chi connectivity index (χ0) is 22.6. The molecule has 0 saturated heterocycles. The van der Waals surface area contributed by atoms with E-state index in [0.717, 1.165) is 24.8 Å². The Morgan fingerprint density at radius 1 is 0.781 bits per heavy atom. The average Bonchev–Trinajstić information content (AvgIpc) is 3.28. The summed E-state index contributed by atoms with van der Waals surface area (Å²) in [6.07, 6.45) is 2.74. The quantitative estimate of drug-likeness (QED) is 0.566. The Labute approximate surface area is 187 Å². The first-order valence-corrected chi connectivity index (χ1v) is 12.2. The van der Waals surface area contributed by atoms with Gasteiger partial charge in [-0.1, -0.05) is 36.4 Å². The summed E-state index contributed by atoms with van der Waals surface area (Å²) in [6.45, 7) is 0. The van der Waals surface area contributed by atoms with Gasteiger partial charge in [-0.05, 0) is 66.8 Å². The van der Waals surface area contributed by atoms with Gasteiger partial charge in [0, 0.05) is 12.0 Å². The zero-order valence-electron chi connectivity index (χ0n) is 17.5. The number of anilines is 2. The molecule has 0 bridgehead atoms. The van der Waals surface area contributed by atoms with Crippen molar-refractivity contribution in [1.29, 1.82) is 0 Å². The summed E-state index contributed by atoms with van der Waals surface area (Å²) >= 11 is 0. The van der Waals surface area contributed by atoms with Crippen LogP contribution in [-0.4, -0.2) is 26.0 Å². The fourth-order valence-corrected chi connectivity index (χ4v) is 5.07. The van der Waals surface area contributed by atoms with Crippen molar-refractivity contribution in [3.8, 4) is 0 Å². The number of amides is 2. The number of carbonyl (C=O) groups is 2. The van der Waals surface area contributed by atoms with Crippen LogP contribution in [0.1, 0.15) is 34.3 Å². The van der Waals surface area contributed by atoms with Crippen LogP contribution < -0.4 is 10.6 Å².